The topological polar surface area (TPSA) is 81.9 Å². The first-order valence-electron chi connectivity index (χ1n) is 11.1. The summed E-state index contributed by atoms with van der Waals surface area (Å²) in [5, 5.41) is 6.90. The Morgan fingerprint density at radius 1 is 1.00 bits per heavy atom. The normalized spacial score (nSPS) is 17.2. The molecule has 3 heterocycles. The van der Waals surface area contributed by atoms with Crippen molar-refractivity contribution in [1.82, 2.24) is 15.0 Å². The van der Waals surface area contributed by atoms with Crippen LogP contribution in [0.25, 0.3) is 0 Å². The molecule has 2 fully saturated rings. The number of aryl methyl sites for hydroxylation is 2. The maximum atomic E-state index is 12.6. The van der Waals surface area contributed by atoms with Crippen LogP contribution in [-0.2, 0) is 16.0 Å². The average molecular weight is 426 g/mol. The lowest BCUT2D eigenvalue weighted by atomic mass is 10.1. The SMILES string of the molecule is Cc1noc(C)c1CC(=O)N1CCN(CC(=O)Nc2ccc(N3CCCC3)cc2)CC1. The van der Waals surface area contributed by atoms with Gasteiger partial charge in [0.25, 0.3) is 0 Å². The Bertz CT molecular complexity index is 890. The van der Waals surface area contributed by atoms with Crippen LogP contribution in [0.5, 0.6) is 0 Å². The highest BCUT2D eigenvalue weighted by Crippen LogP contribution is 2.22. The van der Waals surface area contributed by atoms with E-state index in [1.54, 1.807) is 0 Å². The van der Waals surface area contributed by atoms with Crippen molar-refractivity contribution in [2.45, 2.75) is 33.1 Å². The van der Waals surface area contributed by atoms with Gasteiger partial charge in [-0.1, -0.05) is 5.16 Å². The molecule has 0 aliphatic carbocycles. The number of carbonyl (C=O) groups excluding carboxylic acids is 2. The van der Waals surface area contributed by atoms with E-state index in [2.05, 4.69) is 32.4 Å². The Morgan fingerprint density at radius 3 is 2.29 bits per heavy atom. The van der Waals surface area contributed by atoms with Gasteiger partial charge in [0.05, 0.1) is 18.7 Å². The van der Waals surface area contributed by atoms with E-state index in [0.717, 1.165) is 30.0 Å². The summed E-state index contributed by atoms with van der Waals surface area (Å²) in [5.74, 6) is 0.760. The molecule has 0 radical (unpaired) electrons. The smallest absolute Gasteiger partial charge is 0.238 e. The number of hydrogen-bond acceptors (Lipinski definition) is 6. The Morgan fingerprint density at radius 2 is 1.68 bits per heavy atom. The molecule has 0 unspecified atom stereocenters. The van der Waals surface area contributed by atoms with E-state index in [-0.39, 0.29) is 11.8 Å². The summed E-state index contributed by atoms with van der Waals surface area (Å²) >= 11 is 0. The molecule has 166 valence electrons. The molecule has 31 heavy (non-hydrogen) atoms. The van der Waals surface area contributed by atoms with E-state index in [9.17, 15) is 9.59 Å². The van der Waals surface area contributed by atoms with E-state index < -0.39 is 0 Å². The van der Waals surface area contributed by atoms with Crippen molar-refractivity contribution in [3.63, 3.8) is 0 Å². The van der Waals surface area contributed by atoms with Crippen LogP contribution in [0.2, 0.25) is 0 Å². The largest absolute Gasteiger partial charge is 0.372 e. The molecule has 0 saturated carbocycles. The number of hydrogen-bond donors (Lipinski definition) is 1. The summed E-state index contributed by atoms with van der Waals surface area (Å²) in [7, 11) is 0. The van der Waals surface area contributed by atoms with Gasteiger partial charge in [-0.25, -0.2) is 0 Å². The minimum atomic E-state index is -0.0237. The van der Waals surface area contributed by atoms with Crippen LogP contribution in [0.3, 0.4) is 0 Å². The van der Waals surface area contributed by atoms with Crippen molar-refractivity contribution in [3.05, 3.63) is 41.3 Å². The van der Waals surface area contributed by atoms with E-state index in [1.165, 1.54) is 18.5 Å². The Balaban J connectivity index is 1.21. The average Bonchev–Trinajstić information content (AvgIpc) is 3.41. The van der Waals surface area contributed by atoms with E-state index in [4.69, 9.17) is 4.52 Å². The molecule has 2 aromatic rings. The first-order valence-corrected chi connectivity index (χ1v) is 11.1. The van der Waals surface area contributed by atoms with Crippen LogP contribution in [0.4, 0.5) is 11.4 Å². The molecular weight excluding hydrogens is 394 g/mol. The molecule has 2 amide bonds. The summed E-state index contributed by atoms with van der Waals surface area (Å²) in [6.07, 6.45) is 2.81. The number of amides is 2. The van der Waals surface area contributed by atoms with Crippen molar-refractivity contribution in [2.24, 2.45) is 0 Å². The predicted octanol–water partition coefficient (Wildman–Crippen LogP) is 2.22. The standard InChI is InChI=1S/C23H31N5O3/c1-17-21(18(2)31-25-17)15-23(30)28-13-11-26(12-14-28)16-22(29)24-19-5-7-20(8-6-19)27-9-3-4-10-27/h5-8H,3-4,9-16H2,1-2H3,(H,24,29). The first kappa shape index (κ1) is 21.4. The van der Waals surface area contributed by atoms with Gasteiger partial charge in [0.15, 0.2) is 0 Å². The van der Waals surface area contributed by atoms with Crippen LogP contribution in [0, 0.1) is 13.8 Å². The maximum Gasteiger partial charge on any atom is 0.238 e. The van der Waals surface area contributed by atoms with Crippen molar-refractivity contribution >= 4 is 23.2 Å². The third-order valence-corrected chi connectivity index (χ3v) is 6.22. The lowest BCUT2D eigenvalue weighted by Crippen LogP contribution is -2.50. The second-order valence-electron chi connectivity index (χ2n) is 8.43. The second kappa shape index (κ2) is 9.51. The van der Waals surface area contributed by atoms with Crippen LogP contribution in [-0.4, -0.2) is 72.6 Å². The predicted molar refractivity (Wildman–Crippen MR) is 119 cm³/mol. The zero-order chi connectivity index (χ0) is 21.8. The van der Waals surface area contributed by atoms with E-state index in [0.29, 0.717) is 44.9 Å². The zero-order valence-corrected chi connectivity index (χ0v) is 18.4. The molecule has 8 nitrogen and oxygen atoms in total. The van der Waals surface area contributed by atoms with Gasteiger partial charge >= 0.3 is 0 Å². The van der Waals surface area contributed by atoms with Gasteiger partial charge in [-0.2, -0.15) is 0 Å². The Labute approximate surface area is 183 Å². The Kier molecular flexibility index (Phi) is 6.56. The highest BCUT2D eigenvalue weighted by atomic mass is 16.5. The van der Waals surface area contributed by atoms with Gasteiger partial charge in [0.2, 0.25) is 11.8 Å². The van der Waals surface area contributed by atoms with Crippen molar-refractivity contribution < 1.29 is 14.1 Å². The number of piperazine rings is 1. The molecule has 2 aliphatic rings. The lowest BCUT2D eigenvalue weighted by molar-refractivity contribution is -0.132. The molecule has 2 saturated heterocycles. The molecular formula is C23H31N5O3. The fourth-order valence-corrected chi connectivity index (χ4v) is 4.31. The van der Waals surface area contributed by atoms with Gasteiger partial charge in [-0.3, -0.25) is 14.5 Å². The van der Waals surface area contributed by atoms with Gasteiger partial charge in [0, 0.05) is 56.2 Å². The number of carbonyl (C=O) groups is 2. The summed E-state index contributed by atoms with van der Waals surface area (Å²) < 4.78 is 5.15. The first-order chi connectivity index (χ1) is 15.0. The molecule has 8 heteroatoms. The molecule has 1 N–H and O–H groups in total. The zero-order valence-electron chi connectivity index (χ0n) is 18.4. The minimum Gasteiger partial charge on any atom is -0.372 e. The van der Waals surface area contributed by atoms with Crippen molar-refractivity contribution in [2.75, 3.05) is 56.0 Å². The van der Waals surface area contributed by atoms with Crippen LogP contribution >= 0.6 is 0 Å². The quantitative estimate of drug-likeness (QED) is 0.764. The van der Waals surface area contributed by atoms with Crippen LogP contribution in [0.15, 0.2) is 28.8 Å². The number of nitrogens with zero attached hydrogens (tertiary/aromatic N) is 4. The maximum absolute atomic E-state index is 12.6. The summed E-state index contributed by atoms with van der Waals surface area (Å²) in [5.41, 5.74) is 3.69. The Hall–Kier alpha value is -2.87. The molecule has 1 aromatic carbocycles. The van der Waals surface area contributed by atoms with Gasteiger partial charge in [-0.05, 0) is 51.0 Å². The molecule has 0 bridgehead atoms. The number of nitrogens with one attached hydrogen (secondary N) is 1. The summed E-state index contributed by atoms with van der Waals surface area (Å²) in [6.45, 7) is 8.87. The molecule has 0 spiro atoms. The third kappa shape index (κ3) is 5.25. The second-order valence-corrected chi connectivity index (χ2v) is 8.43. The van der Waals surface area contributed by atoms with Gasteiger partial charge in [-0.15, -0.1) is 0 Å². The molecule has 4 rings (SSSR count). The van der Waals surface area contributed by atoms with Crippen molar-refractivity contribution in [1.29, 1.82) is 0 Å². The third-order valence-electron chi connectivity index (χ3n) is 6.22. The minimum absolute atomic E-state index is 0.0237. The van der Waals surface area contributed by atoms with Gasteiger partial charge in [0.1, 0.15) is 5.76 Å². The number of rotatable bonds is 6. The number of aromatic nitrogens is 1. The van der Waals surface area contributed by atoms with Crippen LogP contribution < -0.4 is 10.2 Å². The van der Waals surface area contributed by atoms with Gasteiger partial charge < -0.3 is 19.6 Å². The molecule has 1 aromatic heterocycles. The monoisotopic (exact) mass is 425 g/mol. The van der Waals surface area contributed by atoms with Crippen molar-refractivity contribution in [3.8, 4) is 0 Å². The fourth-order valence-electron chi connectivity index (χ4n) is 4.31. The van der Waals surface area contributed by atoms with E-state index >= 15 is 0 Å². The number of benzene rings is 1. The summed E-state index contributed by atoms with van der Waals surface area (Å²) in [4.78, 5) is 31.4. The lowest BCUT2D eigenvalue weighted by Gasteiger charge is -2.34. The summed E-state index contributed by atoms with van der Waals surface area (Å²) in [6, 6.07) is 8.09. The molecule has 2 aliphatic heterocycles. The highest BCUT2D eigenvalue weighted by molar-refractivity contribution is 5.92. The van der Waals surface area contributed by atoms with Crippen LogP contribution in [0.1, 0.15) is 29.9 Å². The fraction of sp³-hybridized carbons (Fsp3) is 0.522. The van der Waals surface area contributed by atoms with E-state index in [1.807, 2.05) is 30.9 Å². The number of anilines is 2. The highest BCUT2D eigenvalue weighted by Gasteiger charge is 2.24. The molecule has 0 atom stereocenters.